The lowest BCUT2D eigenvalue weighted by molar-refractivity contribution is -0.121. The Morgan fingerprint density at radius 2 is 1.55 bits per heavy atom. The summed E-state index contributed by atoms with van der Waals surface area (Å²) in [7, 11) is 0. The summed E-state index contributed by atoms with van der Waals surface area (Å²) in [5.41, 5.74) is 2.41. The van der Waals surface area contributed by atoms with E-state index in [4.69, 9.17) is 16.0 Å². The first-order valence-corrected chi connectivity index (χ1v) is 9.55. The number of halogens is 1. The van der Waals surface area contributed by atoms with E-state index in [1.165, 1.54) is 0 Å². The molecule has 0 bridgehead atoms. The Morgan fingerprint density at radius 1 is 0.897 bits per heavy atom. The number of nitrogens with one attached hydrogen (secondary N) is 1. The first-order chi connectivity index (χ1) is 14.2. The second-order valence-electron chi connectivity index (χ2n) is 6.50. The Morgan fingerprint density at radius 3 is 2.28 bits per heavy atom. The van der Waals surface area contributed by atoms with Gasteiger partial charge in [-0.15, -0.1) is 10.2 Å². The summed E-state index contributed by atoms with van der Waals surface area (Å²) >= 11 is 6.40. The molecule has 5 nitrogen and oxygen atoms in total. The van der Waals surface area contributed by atoms with E-state index in [0.29, 0.717) is 16.5 Å². The lowest BCUT2D eigenvalue weighted by Gasteiger charge is -2.17. The second-order valence-corrected chi connectivity index (χ2v) is 6.90. The number of aromatic nitrogens is 2. The molecule has 29 heavy (non-hydrogen) atoms. The third-order valence-electron chi connectivity index (χ3n) is 4.44. The third kappa shape index (κ3) is 4.52. The minimum atomic E-state index is -0.648. The first kappa shape index (κ1) is 18.9. The summed E-state index contributed by atoms with van der Waals surface area (Å²) in [5, 5.41) is 11.8. The molecule has 0 aliphatic heterocycles. The number of hydrogen-bond donors (Lipinski definition) is 1. The maximum Gasteiger partial charge on any atom is 0.247 e. The molecule has 0 aliphatic rings. The van der Waals surface area contributed by atoms with Gasteiger partial charge in [0.2, 0.25) is 17.7 Å². The van der Waals surface area contributed by atoms with Crippen molar-refractivity contribution in [2.45, 2.75) is 12.5 Å². The Balaban J connectivity index is 1.64. The van der Waals surface area contributed by atoms with Gasteiger partial charge >= 0.3 is 0 Å². The Bertz CT molecular complexity index is 1100. The van der Waals surface area contributed by atoms with E-state index in [1.54, 1.807) is 6.07 Å². The average molecular weight is 404 g/mol. The molecule has 6 heteroatoms. The van der Waals surface area contributed by atoms with Crippen molar-refractivity contribution in [3.63, 3.8) is 0 Å². The Labute approximate surface area is 173 Å². The molecule has 3 aromatic carbocycles. The maximum absolute atomic E-state index is 12.7. The van der Waals surface area contributed by atoms with Gasteiger partial charge in [0.25, 0.3) is 0 Å². The SMILES string of the molecule is O=C(Cc1ccccc1)NC(c1nnc(-c2ccccc2)o1)c1ccccc1Cl. The molecule has 1 amide bonds. The number of benzene rings is 3. The molecule has 1 unspecified atom stereocenters. The first-order valence-electron chi connectivity index (χ1n) is 9.17. The molecule has 1 heterocycles. The van der Waals surface area contributed by atoms with Crippen molar-refractivity contribution in [3.8, 4) is 11.5 Å². The zero-order valence-corrected chi connectivity index (χ0v) is 16.2. The van der Waals surface area contributed by atoms with Gasteiger partial charge in [-0.05, 0) is 23.8 Å². The fraction of sp³-hybridized carbons (Fsp3) is 0.0870. The molecule has 0 saturated carbocycles. The molecule has 0 saturated heterocycles. The van der Waals surface area contributed by atoms with E-state index in [-0.39, 0.29) is 18.2 Å². The average Bonchev–Trinajstić information content (AvgIpc) is 3.24. The highest BCUT2D eigenvalue weighted by atomic mass is 35.5. The summed E-state index contributed by atoms with van der Waals surface area (Å²) in [6.45, 7) is 0. The van der Waals surface area contributed by atoms with Crippen LogP contribution in [0.4, 0.5) is 0 Å². The van der Waals surface area contributed by atoms with Crippen LogP contribution in [-0.4, -0.2) is 16.1 Å². The molecule has 0 radical (unpaired) electrons. The van der Waals surface area contributed by atoms with Crippen LogP contribution in [0.2, 0.25) is 5.02 Å². The predicted molar refractivity (Wildman–Crippen MR) is 111 cm³/mol. The van der Waals surface area contributed by atoms with Crippen molar-refractivity contribution in [1.29, 1.82) is 0 Å². The zero-order chi connectivity index (χ0) is 20.1. The topological polar surface area (TPSA) is 68.0 Å². The van der Waals surface area contributed by atoms with Gasteiger partial charge in [0, 0.05) is 16.1 Å². The molecule has 0 aliphatic carbocycles. The van der Waals surface area contributed by atoms with Crippen molar-refractivity contribution >= 4 is 17.5 Å². The minimum absolute atomic E-state index is 0.166. The van der Waals surface area contributed by atoms with Gasteiger partial charge in [0.05, 0.1) is 6.42 Å². The molecular formula is C23H18ClN3O2. The molecule has 1 aromatic heterocycles. The van der Waals surface area contributed by atoms with Crippen molar-refractivity contribution < 1.29 is 9.21 Å². The van der Waals surface area contributed by atoms with Gasteiger partial charge in [-0.1, -0.05) is 78.3 Å². The van der Waals surface area contributed by atoms with E-state index in [1.807, 2.05) is 78.9 Å². The molecule has 1 N–H and O–H groups in total. The van der Waals surface area contributed by atoms with Crippen LogP contribution in [-0.2, 0) is 11.2 Å². The minimum Gasteiger partial charge on any atom is -0.418 e. The largest absolute Gasteiger partial charge is 0.418 e. The number of amides is 1. The van der Waals surface area contributed by atoms with Crippen LogP contribution in [0.1, 0.15) is 23.1 Å². The van der Waals surface area contributed by atoms with E-state index in [9.17, 15) is 4.79 Å². The number of rotatable bonds is 6. The summed E-state index contributed by atoms with van der Waals surface area (Å²) in [6.07, 6.45) is 0.238. The highest BCUT2D eigenvalue weighted by molar-refractivity contribution is 6.31. The molecule has 0 fully saturated rings. The summed E-state index contributed by atoms with van der Waals surface area (Å²) in [4.78, 5) is 12.7. The zero-order valence-electron chi connectivity index (χ0n) is 15.5. The van der Waals surface area contributed by atoms with Gasteiger partial charge in [-0.25, -0.2) is 0 Å². The molecule has 0 spiro atoms. The van der Waals surface area contributed by atoms with Crippen LogP contribution >= 0.6 is 11.6 Å². The highest BCUT2D eigenvalue weighted by Gasteiger charge is 2.25. The predicted octanol–water partition coefficient (Wildman–Crippen LogP) is 4.84. The summed E-state index contributed by atoms with van der Waals surface area (Å²) in [5.74, 6) is 0.494. The van der Waals surface area contributed by atoms with Crippen molar-refractivity contribution in [3.05, 3.63) is 107 Å². The number of carbonyl (C=O) groups excluding carboxylic acids is 1. The van der Waals surface area contributed by atoms with Gasteiger partial charge in [0.1, 0.15) is 6.04 Å². The van der Waals surface area contributed by atoms with E-state index in [0.717, 1.165) is 11.1 Å². The van der Waals surface area contributed by atoms with E-state index >= 15 is 0 Å². The maximum atomic E-state index is 12.7. The van der Waals surface area contributed by atoms with Crippen LogP contribution in [0.15, 0.2) is 89.3 Å². The number of nitrogens with zero attached hydrogens (tertiary/aromatic N) is 2. The van der Waals surface area contributed by atoms with Gasteiger partial charge < -0.3 is 9.73 Å². The van der Waals surface area contributed by atoms with E-state index < -0.39 is 6.04 Å². The summed E-state index contributed by atoms with van der Waals surface area (Å²) in [6, 6.07) is 25.6. The van der Waals surface area contributed by atoms with Gasteiger partial charge in [-0.2, -0.15) is 0 Å². The number of carbonyl (C=O) groups is 1. The lowest BCUT2D eigenvalue weighted by atomic mass is 10.1. The fourth-order valence-electron chi connectivity index (χ4n) is 3.02. The highest BCUT2D eigenvalue weighted by Crippen LogP contribution is 2.29. The van der Waals surface area contributed by atoms with Crippen LogP contribution in [0, 0.1) is 0 Å². The van der Waals surface area contributed by atoms with Gasteiger partial charge in [-0.3, -0.25) is 4.79 Å². The lowest BCUT2D eigenvalue weighted by Crippen LogP contribution is -2.31. The monoisotopic (exact) mass is 403 g/mol. The molecular weight excluding hydrogens is 386 g/mol. The van der Waals surface area contributed by atoms with Crippen LogP contribution in [0.5, 0.6) is 0 Å². The third-order valence-corrected chi connectivity index (χ3v) is 4.78. The standard InChI is InChI=1S/C23H18ClN3O2/c24-19-14-8-7-13-18(19)21(25-20(28)15-16-9-3-1-4-10-16)23-27-26-22(29-23)17-11-5-2-6-12-17/h1-14,21H,15H2,(H,25,28). The molecule has 1 atom stereocenters. The quantitative estimate of drug-likeness (QED) is 0.500. The van der Waals surface area contributed by atoms with Crippen molar-refractivity contribution in [2.75, 3.05) is 0 Å². The Hall–Kier alpha value is -3.44. The van der Waals surface area contributed by atoms with Gasteiger partial charge in [0.15, 0.2) is 0 Å². The fourth-order valence-corrected chi connectivity index (χ4v) is 3.27. The molecule has 4 rings (SSSR count). The van der Waals surface area contributed by atoms with Crippen molar-refractivity contribution in [2.24, 2.45) is 0 Å². The normalized spacial score (nSPS) is 11.8. The van der Waals surface area contributed by atoms with Crippen LogP contribution < -0.4 is 5.32 Å². The summed E-state index contributed by atoms with van der Waals surface area (Å²) < 4.78 is 5.90. The molecule has 4 aromatic rings. The molecule has 144 valence electrons. The smallest absolute Gasteiger partial charge is 0.247 e. The van der Waals surface area contributed by atoms with Crippen molar-refractivity contribution in [1.82, 2.24) is 15.5 Å². The van der Waals surface area contributed by atoms with Crippen LogP contribution in [0.25, 0.3) is 11.5 Å². The second kappa shape index (κ2) is 8.71. The Kier molecular flexibility index (Phi) is 5.68. The van der Waals surface area contributed by atoms with E-state index in [2.05, 4.69) is 15.5 Å². The number of hydrogen-bond acceptors (Lipinski definition) is 4. The van der Waals surface area contributed by atoms with Crippen LogP contribution in [0.3, 0.4) is 0 Å².